The molecule has 3 N–H and O–H groups in total. The summed E-state index contributed by atoms with van der Waals surface area (Å²) < 4.78 is 16.7. The van der Waals surface area contributed by atoms with Gasteiger partial charge in [0.2, 0.25) is 0 Å². The number of carbonyl (C=O) groups is 2. The van der Waals surface area contributed by atoms with Crippen molar-refractivity contribution < 1.29 is 19.1 Å². The molecule has 13 heteroatoms. The van der Waals surface area contributed by atoms with Crippen molar-refractivity contribution in [1.29, 1.82) is 0 Å². The number of carbonyl (C=O) groups excluding carboxylic acids is 1. The molecule has 3 heterocycles. The maximum absolute atomic E-state index is 15.3. The molecule has 1 amide bonds. The molecule has 2 aliphatic heterocycles. The highest BCUT2D eigenvalue weighted by atomic mass is 35.5. The van der Waals surface area contributed by atoms with E-state index in [2.05, 4.69) is 51.0 Å². The van der Waals surface area contributed by atoms with Crippen molar-refractivity contribution in [2.45, 2.75) is 38.3 Å². The minimum Gasteiger partial charge on any atom is -0.478 e. The minimum absolute atomic E-state index is 0.0148. The van der Waals surface area contributed by atoms with Crippen LogP contribution in [0.5, 0.6) is 0 Å². The molecule has 11 nitrogen and oxygen atoms in total. The number of tetrazole rings is 1. The highest BCUT2D eigenvalue weighted by molar-refractivity contribution is 6.30. The van der Waals surface area contributed by atoms with Gasteiger partial charge in [-0.3, -0.25) is 4.79 Å². The average molecular weight is 645 g/mol. The molecule has 1 atom stereocenters. The number of nitrogens with one attached hydrogen (secondary N) is 2. The monoisotopic (exact) mass is 644 g/mol. The van der Waals surface area contributed by atoms with Gasteiger partial charge in [-0.2, -0.15) is 0 Å². The molecule has 2 aliphatic rings. The highest BCUT2D eigenvalue weighted by Crippen LogP contribution is 2.43. The van der Waals surface area contributed by atoms with Gasteiger partial charge in [0.25, 0.3) is 5.91 Å². The summed E-state index contributed by atoms with van der Waals surface area (Å²) in [7, 11) is 0. The second-order valence-electron chi connectivity index (χ2n) is 12.0. The van der Waals surface area contributed by atoms with E-state index in [1.165, 1.54) is 29.2 Å². The van der Waals surface area contributed by atoms with E-state index in [-0.39, 0.29) is 22.9 Å². The fraction of sp³-hybridized carbons (Fsp3) is 0.303. The molecule has 0 bridgehead atoms. The number of rotatable bonds is 8. The van der Waals surface area contributed by atoms with Crippen LogP contribution in [0.2, 0.25) is 5.02 Å². The number of anilines is 2. The molecule has 1 aromatic heterocycles. The number of nitrogens with zero attached hydrogens (tertiary/aromatic N) is 6. The summed E-state index contributed by atoms with van der Waals surface area (Å²) in [4.78, 5) is 30.0. The summed E-state index contributed by atoms with van der Waals surface area (Å²) in [6, 6.07) is 14.6. The number of halogens is 2. The van der Waals surface area contributed by atoms with Crippen LogP contribution < -0.4 is 15.5 Å². The Morgan fingerprint density at radius 3 is 2.57 bits per heavy atom. The van der Waals surface area contributed by atoms with Gasteiger partial charge in [-0.15, -0.1) is 5.10 Å². The largest absolute Gasteiger partial charge is 0.478 e. The maximum atomic E-state index is 15.3. The Hall–Kier alpha value is -4.81. The van der Waals surface area contributed by atoms with Gasteiger partial charge in [-0.1, -0.05) is 29.8 Å². The van der Waals surface area contributed by atoms with Crippen molar-refractivity contribution in [3.05, 3.63) is 106 Å². The zero-order chi connectivity index (χ0) is 32.4. The number of piperazine rings is 1. The van der Waals surface area contributed by atoms with Gasteiger partial charge in [-0.05, 0) is 96.9 Å². The molecule has 0 saturated carbocycles. The van der Waals surface area contributed by atoms with Crippen LogP contribution in [0, 0.1) is 5.82 Å². The first-order valence-electron chi connectivity index (χ1n) is 15.0. The average Bonchev–Trinajstić information content (AvgIpc) is 3.58. The smallest absolute Gasteiger partial charge is 0.335 e. The maximum Gasteiger partial charge on any atom is 0.335 e. The fourth-order valence-electron chi connectivity index (χ4n) is 6.28. The Morgan fingerprint density at radius 1 is 1.11 bits per heavy atom. The summed E-state index contributed by atoms with van der Waals surface area (Å²) in [6.45, 7) is 7.66. The van der Waals surface area contributed by atoms with Gasteiger partial charge in [0.1, 0.15) is 18.2 Å². The molecule has 6 rings (SSSR count). The van der Waals surface area contributed by atoms with Crippen molar-refractivity contribution in [2.24, 2.45) is 0 Å². The normalized spacial score (nSPS) is 17.6. The van der Waals surface area contributed by atoms with E-state index < -0.39 is 23.4 Å². The fourth-order valence-corrected chi connectivity index (χ4v) is 6.45. The summed E-state index contributed by atoms with van der Waals surface area (Å²) >= 11 is 6.16. The van der Waals surface area contributed by atoms with E-state index in [1.807, 2.05) is 29.3 Å². The number of carboxylic acid groups (broad SMARTS) is 1. The molecular weight excluding hydrogens is 611 g/mol. The molecule has 1 saturated heterocycles. The van der Waals surface area contributed by atoms with Gasteiger partial charge in [-0.25, -0.2) is 13.9 Å². The Labute approximate surface area is 270 Å². The second-order valence-corrected chi connectivity index (χ2v) is 12.4. The van der Waals surface area contributed by atoms with Crippen LogP contribution in [0.25, 0.3) is 5.69 Å². The molecule has 0 radical (unpaired) electrons. The number of allylic oxidation sites excluding steroid dienone is 1. The summed E-state index contributed by atoms with van der Waals surface area (Å²) in [5.41, 5.74) is 3.97. The molecule has 238 valence electrons. The van der Waals surface area contributed by atoms with E-state index >= 15 is 4.39 Å². The van der Waals surface area contributed by atoms with E-state index in [1.54, 1.807) is 18.2 Å². The van der Waals surface area contributed by atoms with Crippen LogP contribution in [0.3, 0.4) is 0 Å². The quantitative estimate of drug-likeness (QED) is 0.251. The van der Waals surface area contributed by atoms with E-state index in [0.717, 1.165) is 43.0 Å². The SMILES string of the molecule is CC1(C)Cc2c(cccc2N2CCNCC2)C(C(=O)Nc2ccc(C(=O)O)cc2)N1/C=C/Cc1c(-n2cnnn2)ccc(Cl)c1F. The number of hydrogen-bond donors (Lipinski definition) is 3. The predicted octanol–water partition coefficient (Wildman–Crippen LogP) is 4.64. The second kappa shape index (κ2) is 12.9. The molecular formula is C33H34ClFN8O3. The Kier molecular flexibility index (Phi) is 8.74. The van der Waals surface area contributed by atoms with Gasteiger partial charge in [0.05, 0.1) is 16.3 Å². The molecule has 46 heavy (non-hydrogen) atoms. The molecule has 0 aliphatic carbocycles. The van der Waals surface area contributed by atoms with Crippen LogP contribution in [-0.4, -0.2) is 73.8 Å². The van der Waals surface area contributed by atoms with Crippen LogP contribution in [0.4, 0.5) is 15.8 Å². The number of aromatic nitrogens is 4. The van der Waals surface area contributed by atoms with Crippen molar-refractivity contribution in [3.8, 4) is 5.69 Å². The Bertz CT molecular complexity index is 1770. The van der Waals surface area contributed by atoms with Gasteiger partial charge < -0.3 is 25.5 Å². The minimum atomic E-state index is -1.04. The van der Waals surface area contributed by atoms with Crippen molar-refractivity contribution in [3.63, 3.8) is 0 Å². The lowest BCUT2D eigenvalue weighted by Gasteiger charge is -2.49. The van der Waals surface area contributed by atoms with E-state index in [0.29, 0.717) is 23.4 Å². The molecule has 4 aromatic rings. The van der Waals surface area contributed by atoms with Crippen molar-refractivity contribution >= 4 is 34.9 Å². The first-order chi connectivity index (χ1) is 22.1. The van der Waals surface area contributed by atoms with Gasteiger partial charge >= 0.3 is 5.97 Å². The van der Waals surface area contributed by atoms with Gasteiger partial charge in [0.15, 0.2) is 0 Å². The third-order valence-electron chi connectivity index (χ3n) is 8.53. The summed E-state index contributed by atoms with van der Waals surface area (Å²) in [5.74, 6) is -1.89. The third kappa shape index (κ3) is 6.18. The molecule has 0 spiro atoms. The van der Waals surface area contributed by atoms with Crippen LogP contribution in [0.15, 0.2) is 73.2 Å². The summed E-state index contributed by atoms with van der Waals surface area (Å²) in [5, 5.41) is 27.0. The summed E-state index contributed by atoms with van der Waals surface area (Å²) in [6.07, 6.45) is 5.89. The Balaban J connectivity index is 1.38. The number of carboxylic acids is 1. The number of fused-ring (bicyclic) bond motifs is 1. The number of hydrogen-bond acceptors (Lipinski definition) is 8. The lowest BCUT2D eigenvalue weighted by molar-refractivity contribution is -0.122. The van der Waals surface area contributed by atoms with Crippen LogP contribution in [0.1, 0.15) is 46.9 Å². The van der Waals surface area contributed by atoms with Crippen molar-refractivity contribution in [2.75, 3.05) is 36.4 Å². The molecule has 1 unspecified atom stereocenters. The van der Waals surface area contributed by atoms with E-state index in [9.17, 15) is 14.7 Å². The zero-order valence-corrected chi connectivity index (χ0v) is 26.2. The van der Waals surface area contributed by atoms with Crippen LogP contribution in [-0.2, 0) is 17.6 Å². The first kappa shape index (κ1) is 31.2. The molecule has 1 fully saturated rings. The molecule has 3 aromatic carbocycles. The van der Waals surface area contributed by atoms with Crippen LogP contribution >= 0.6 is 11.6 Å². The highest BCUT2D eigenvalue weighted by Gasteiger charge is 2.42. The Morgan fingerprint density at radius 2 is 1.87 bits per heavy atom. The lowest BCUT2D eigenvalue weighted by Crippen LogP contribution is -2.52. The third-order valence-corrected chi connectivity index (χ3v) is 8.82. The lowest BCUT2D eigenvalue weighted by atomic mass is 9.80. The number of aromatic carboxylic acids is 1. The topological polar surface area (TPSA) is 129 Å². The van der Waals surface area contributed by atoms with Crippen molar-refractivity contribution in [1.82, 2.24) is 30.4 Å². The predicted molar refractivity (Wildman–Crippen MR) is 173 cm³/mol. The standard InChI is InChI=1S/C33H34ClFN8O3/c1-33(2)19-25-23(5-3-7-27(25)41-17-14-36-15-18-41)30(31(44)38-22-10-8-21(9-11-22)32(45)46)42(33)16-4-6-24-28(43-20-37-39-40-43)13-12-26(34)29(24)35/h3-5,7-13,16,20,30,36H,6,14-15,17-19H2,1-2H3,(H,38,44)(H,45,46)/b16-4+. The number of benzene rings is 3. The number of amides is 1. The zero-order valence-electron chi connectivity index (χ0n) is 25.5. The van der Waals surface area contributed by atoms with Gasteiger partial charge in [0, 0.05) is 48.7 Å². The first-order valence-corrected chi connectivity index (χ1v) is 15.4. The van der Waals surface area contributed by atoms with E-state index in [4.69, 9.17) is 11.6 Å².